The second-order valence-electron chi connectivity index (χ2n) is 6.79. The number of nitrogens with zero attached hydrogens (tertiary/aromatic N) is 1. The smallest absolute Gasteiger partial charge is 0.122 e. The van der Waals surface area contributed by atoms with Crippen molar-refractivity contribution in [1.29, 1.82) is 0 Å². The molecule has 21 heavy (non-hydrogen) atoms. The van der Waals surface area contributed by atoms with Crippen molar-refractivity contribution in [3.63, 3.8) is 0 Å². The quantitative estimate of drug-likeness (QED) is 0.660. The van der Waals surface area contributed by atoms with Crippen LogP contribution in [0.2, 0.25) is 0 Å². The van der Waals surface area contributed by atoms with Crippen LogP contribution < -0.4 is 5.32 Å². The molecule has 1 aromatic heterocycles. The SMILES string of the molecule is CCNCc1ccoc1CN(CCC(C)C)CCC(C)C. The molecule has 0 radical (unpaired) electrons. The molecule has 0 unspecified atom stereocenters. The minimum absolute atomic E-state index is 0.754. The third kappa shape index (κ3) is 7.68. The topological polar surface area (TPSA) is 28.4 Å². The van der Waals surface area contributed by atoms with E-state index in [1.807, 2.05) is 6.26 Å². The van der Waals surface area contributed by atoms with Crippen LogP contribution in [0.3, 0.4) is 0 Å². The Hall–Kier alpha value is -0.800. The highest BCUT2D eigenvalue weighted by Crippen LogP contribution is 2.16. The van der Waals surface area contributed by atoms with Crippen LogP contribution in [0.5, 0.6) is 0 Å². The summed E-state index contributed by atoms with van der Waals surface area (Å²) in [6, 6.07) is 2.10. The molecule has 1 N–H and O–H groups in total. The van der Waals surface area contributed by atoms with Gasteiger partial charge in [0.15, 0.2) is 0 Å². The average molecular weight is 294 g/mol. The Morgan fingerprint density at radius 3 is 2.24 bits per heavy atom. The van der Waals surface area contributed by atoms with Crippen molar-refractivity contribution in [3.05, 3.63) is 23.7 Å². The number of hydrogen-bond acceptors (Lipinski definition) is 3. The van der Waals surface area contributed by atoms with Gasteiger partial charge in [-0.25, -0.2) is 0 Å². The Kier molecular flexibility index (Phi) is 8.70. The van der Waals surface area contributed by atoms with Gasteiger partial charge in [-0.2, -0.15) is 0 Å². The monoisotopic (exact) mass is 294 g/mol. The first-order valence-corrected chi connectivity index (χ1v) is 8.51. The van der Waals surface area contributed by atoms with E-state index in [1.54, 1.807) is 0 Å². The van der Waals surface area contributed by atoms with Gasteiger partial charge in [0, 0.05) is 12.1 Å². The van der Waals surface area contributed by atoms with Crippen LogP contribution in [0.15, 0.2) is 16.7 Å². The van der Waals surface area contributed by atoms with E-state index in [4.69, 9.17) is 4.42 Å². The first kappa shape index (κ1) is 18.2. The summed E-state index contributed by atoms with van der Waals surface area (Å²) in [6.07, 6.45) is 4.33. The molecule has 0 bridgehead atoms. The van der Waals surface area contributed by atoms with Gasteiger partial charge in [-0.15, -0.1) is 0 Å². The molecule has 0 saturated carbocycles. The third-order valence-electron chi connectivity index (χ3n) is 3.82. The van der Waals surface area contributed by atoms with Crippen LogP contribution >= 0.6 is 0 Å². The van der Waals surface area contributed by atoms with Gasteiger partial charge in [0.1, 0.15) is 5.76 Å². The van der Waals surface area contributed by atoms with Gasteiger partial charge in [0.2, 0.25) is 0 Å². The van der Waals surface area contributed by atoms with Crippen LogP contribution in [0.25, 0.3) is 0 Å². The molecule has 0 atom stereocenters. The van der Waals surface area contributed by atoms with Gasteiger partial charge in [-0.05, 0) is 50.4 Å². The summed E-state index contributed by atoms with van der Waals surface area (Å²) in [6.45, 7) is 16.5. The zero-order valence-corrected chi connectivity index (χ0v) is 14.6. The normalized spacial score (nSPS) is 12.0. The average Bonchev–Trinajstić information content (AvgIpc) is 2.86. The van der Waals surface area contributed by atoms with Crippen molar-refractivity contribution >= 4 is 0 Å². The summed E-state index contributed by atoms with van der Waals surface area (Å²) >= 11 is 0. The van der Waals surface area contributed by atoms with Crippen molar-refractivity contribution in [3.8, 4) is 0 Å². The first-order valence-electron chi connectivity index (χ1n) is 8.51. The maximum atomic E-state index is 5.72. The zero-order chi connectivity index (χ0) is 15.7. The molecular weight excluding hydrogens is 260 g/mol. The van der Waals surface area contributed by atoms with Gasteiger partial charge >= 0.3 is 0 Å². The minimum Gasteiger partial charge on any atom is -0.468 e. The summed E-state index contributed by atoms with van der Waals surface area (Å²) in [5.74, 6) is 2.64. The van der Waals surface area contributed by atoms with Gasteiger partial charge in [-0.1, -0.05) is 34.6 Å². The maximum Gasteiger partial charge on any atom is 0.122 e. The standard InChI is InChI=1S/C18H34N2O/c1-6-19-13-17-9-12-21-18(17)14-20(10-7-15(2)3)11-8-16(4)5/h9,12,15-16,19H,6-8,10-11,13-14H2,1-5H3. The first-order chi connectivity index (χ1) is 10.0. The van der Waals surface area contributed by atoms with E-state index in [0.717, 1.165) is 50.3 Å². The minimum atomic E-state index is 0.754. The number of hydrogen-bond donors (Lipinski definition) is 1. The fraction of sp³-hybridized carbons (Fsp3) is 0.778. The highest BCUT2D eigenvalue weighted by atomic mass is 16.3. The van der Waals surface area contributed by atoms with E-state index in [1.165, 1.54) is 18.4 Å². The molecule has 1 heterocycles. The second-order valence-corrected chi connectivity index (χ2v) is 6.79. The summed E-state index contributed by atoms with van der Waals surface area (Å²) in [4.78, 5) is 2.55. The van der Waals surface area contributed by atoms with Crippen molar-refractivity contribution in [2.24, 2.45) is 11.8 Å². The lowest BCUT2D eigenvalue weighted by Crippen LogP contribution is -2.28. The lowest BCUT2D eigenvalue weighted by atomic mass is 10.1. The highest BCUT2D eigenvalue weighted by molar-refractivity contribution is 5.16. The molecular formula is C18H34N2O. The van der Waals surface area contributed by atoms with Gasteiger partial charge < -0.3 is 9.73 Å². The number of rotatable bonds is 11. The molecule has 3 heteroatoms. The molecule has 0 spiro atoms. The Bertz CT molecular complexity index is 359. The number of furan rings is 1. The molecule has 0 aromatic carbocycles. The Morgan fingerprint density at radius 1 is 1.10 bits per heavy atom. The van der Waals surface area contributed by atoms with Crippen molar-refractivity contribution in [1.82, 2.24) is 10.2 Å². The molecule has 1 rings (SSSR count). The van der Waals surface area contributed by atoms with E-state index in [2.05, 4.69) is 50.9 Å². The van der Waals surface area contributed by atoms with Crippen LogP contribution in [-0.4, -0.2) is 24.5 Å². The molecule has 0 aliphatic heterocycles. The van der Waals surface area contributed by atoms with Crippen LogP contribution in [0.1, 0.15) is 58.8 Å². The van der Waals surface area contributed by atoms with Crippen molar-refractivity contribution < 1.29 is 4.42 Å². The summed E-state index contributed by atoms with van der Waals surface area (Å²) in [7, 11) is 0. The molecule has 122 valence electrons. The third-order valence-corrected chi connectivity index (χ3v) is 3.82. The largest absolute Gasteiger partial charge is 0.468 e. The Morgan fingerprint density at radius 2 is 1.71 bits per heavy atom. The molecule has 0 aliphatic carbocycles. The summed E-state index contributed by atoms with van der Waals surface area (Å²) in [5.41, 5.74) is 1.30. The van der Waals surface area contributed by atoms with E-state index in [-0.39, 0.29) is 0 Å². The van der Waals surface area contributed by atoms with Crippen LogP contribution in [-0.2, 0) is 13.1 Å². The van der Waals surface area contributed by atoms with E-state index in [0.29, 0.717) is 0 Å². The fourth-order valence-electron chi connectivity index (χ4n) is 2.28. The highest BCUT2D eigenvalue weighted by Gasteiger charge is 2.13. The van der Waals surface area contributed by atoms with E-state index >= 15 is 0 Å². The molecule has 0 amide bonds. The van der Waals surface area contributed by atoms with Gasteiger partial charge in [0.05, 0.1) is 12.8 Å². The van der Waals surface area contributed by atoms with E-state index in [9.17, 15) is 0 Å². The molecule has 1 aromatic rings. The summed E-state index contributed by atoms with van der Waals surface area (Å²) in [5, 5.41) is 3.39. The second kappa shape index (κ2) is 10.0. The van der Waals surface area contributed by atoms with Crippen LogP contribution in [0.4, 0.5) is 0 Å². The van der Waals surface area contributed by atoms with Crippen molar-refractivity contribution in [2.75, 3.05) is 19.6 Å². The van der Waals surface area contributed by atoms with Gasteiger partial charge in [-0.3, -0.25) is 4.90 Å². The predicted molar refractivity (Wildman–Crippen MR) is 90.3 cm³/mol. The predicted octanol–water partition coefficient (Wildman–Crippen LogP) is 4.28. The lowest BCUT2D eigenvalue weighted by Gasteiger charge is -2.23. The van der Waals surface area contributed by atoms with E-state index < -0.39 is 0 Å². The zero-order valence-electron chi connectivity index (χ0n) is 14.6. The Balaban J connectivity index is 2.59. The van der Waals surface area contributed by atoms with Crippen LogP contribution in [0, 0.1) is 11.8 Å². The lowest BCUT2D eigenvalue weighted by molar-refractivity contribution is 0.218. The van der Waals surface area contributed by atoms with Crippen molar-refractivity contribution in [2.45, 2.75) is 60.5 Å². The molecule has 0 aliphatic rings. The van der Waals surface area contributed by atoms with Gasteiger partial charge in [0.25, 0.3) is 0 Å². The number of nitrogens with one attached hydrogen (secondary N) is 1. The summed E-state index contributed by atoms with van der Waals surface area (Å²) < 4.78 is 5.72. The maximum absolute atomic E-state index is 5.72. The molecule has 0 saturated heterocycles. The molecule has 3 nitrogen and oxygen atoms in total. The fourth-order valence-corrected chi connectivity index (χ4v) is 2.28. The molecule has 0 fully saturated rings. The Labute approximate surface area is 131 Å².